The minimum absolute atomic E-state index is 0.146. The van der Waals surface area contributed by atoms with E-state index in [4.69, 9.17) is 0 Å². The molecule has 0 bridgehead atoms. The van der Waals surface area contributed by atoms with Crippen molar-refractivity contribution in [1.29, 1.82) is 0 Å². The molecule has 1 heterocycles. The fourth-order valence-corrected chi connectivity index (χ4v) is 4.04. The number of sulfonamides is 1. The van der Waals surface area contributed by atoms with Gasteiger partial charge in [0.2, 0.25) is 10.0 Å². The van der Waals surface area contributed by atoms with Crippen LogP contribution < -0.4 is 10.0 Å². The van der Waals surface area contributed by atoms with Crippen molar-refractivity contribution in [3.05, 3.63) is 0 Å². The monoisotopic (exact) mass is 304 g/mol. The molecule has 0 aromatic carbocycles. The molecular formula is C15H32N2O2S. The van der Waals surface area contributed by atoms with Crippen molar-refractivity contribution in [1.82, 2.24) is 10.0 Å². The Balaban J connectivity index is 2.04. The summed E-state index contributed by atoms with van der Waals surface area (Å²) < 4.78 is 26.6. The second kappa shape index (κ2) is 9.74. The lowest BCUT2D eigenvalue weighted by molar-refractivity contribution is 0.422. The fourth-order valence-electron chi connectivity index (χ4n) is 2.65. The maximum absolute atomic E-state index is 11.9. The van der Waals surface area contributed by atoms with Crippen molar-refractivity contribution in [2.24, 2.45) is 5.92 Å². The van der Waals surface area contributed by atoms with Gasteiger partial charge in [-0.3, -0.25) is 0 Å². The van der Waals surface area contributed by atoms with Crippen LogP contribution in [-0.2, 0) is 10.0 Å². The Hall–Kier alpha value is -0.130. The second-order valence-corrected chi connectivity index (χ2v) is 8.27. The minimum Gasteiger partial charge on any atom is -0.313 e. The molecule has 0 saturated carbocycles. The van der Waals surface area contributed by atoms with Gasteiger partial charge in [-0.25, -0.2) is 13.1 Å². The first-order chi connectivity index (χ1) is 9.49. The third-order valence-corrected chi connectivity index (χ3v) is 5.35. The largest absolute Gasteiger partial charge is 0.313 e. The van der Waals surface area contributed by atoms with Crippen LogP contribution in [0.15, 0.2) is 0 Å². The number of nitrogens with one attached hydrogen (secondary N) is 2. The summed E-state index contributed by atoms with van der Waals surface area (Å²) in [5.74, 6) is 1.01. The molecule has 0 aromatic heterocycles. The average molecular weight is 305 g/mol. The lowest BCUT2D eigenvalue weighted by atomic mass is 10.0. The Morgan fingerprint density at radius 3 is 2.55 bits per heavy atom. The number of unbranched alkanes of at least 4 members (excludes halogenated alkanes) is 3. The summed E-state index contributed by atoms with van der Waals surface area (Å²) in [6, 6.07) is 0.146. The smallest absolute Gasteiger partial charge is 0.213 e. The standard InChI is InChI=1S/C15H32N2O2S/c1-14(2)9-5-3-4-7-12-17-20(18,19)13-15-10-6-8-11-16-15/h14-17H,3-13H2,1-2H3. The Bertz CT molecular complexity index is 336. The quantitative estimate of drug-likeness (QED) is 0.610. The SMILES string of the molecule is CC(C)CCCCCCNS(=O)(=O)CC1CCCCN1. The molecule has 0 spiro atoms. The molecule has 5 heteroatoms. The third kappa shape index (κ3) is 8.93. The highest BCUT2D eigenvalue weighted by atomic mass is 32.2. The van der Waals surface area contributed by atoms with Crippen molar-refractivity contribution in [3.63, 3.8) is 0 Å². The van der Waals surface area contributed by atoms with E-state index in [1.807, 2.05) is 0 Å². The number of hydrogen-bond donors (Lipinski definition) is 2. The summed E-state index contributed by atoms with van der Waals surface area (Å²) in [7, 11) is -3.10. The Kier molecular flexibility index (Phi) is 8.73. The lowest BCUT2D eigenvalue weighted by Gasteiger charge is -2.23. The molecule has 1 aliphatic rings. The summed E-state index contributed by atoms with van der Waals surface area (Å²) in [5.41, 5.74) is 0. The average Bonchev–Trinajstić information content (AvgIpc) is 2.37. The van der Waals surface area contributed by atoms with Crippen LogP contribution in [0.4, 0.5) is 0 Å². The summed E-state index contributed by atoms with van der Waals surface area (Å²) in [6.07, 6.45) is 9.12. The van der Waals surface area contributed by atoms with Crippen LogP contribution in [-0.4, -0.2) is 33.3 Å². The van der Waals surface area contributed by atoms with E-state index in [1.165, 1.54) is 25.7 Å². The summed E-state index contributed by atoms with van der Waals surface area (Å²) in [5, 5.41) is 3.28. The predicted octanol–water partition coefficient (Wildman–Crippen LogP) is 2.65. The van der Waals surface area contributed by atoms with E-state index < -0.39 is 10.0 Å². The van der Waals surface area contributed by atoms with E-state index in [1.54, 1.807) is 0 Å². The summed E-state index contributed by atoms with van der Waals surface area (Å²) in [6.45, 7) is 6.04. The lowest BCUT2D eigenvalue weighted by Crippen LogP contribution is -2.42. The van der Waals surface area contributed by atoms with E-state index in [9.17, 15) is 8.42 Å². The molecule has 0 radical (unpaired) electrons. The zero-order valence-electron chi connectivity index (χ0n) is 13.2. The van der Waals surface area contributed by atoms with Gasteiger partial charge in [0.25, 0.3) is 0 Å². The maximum atomic E-state index is 11.9. The topological polar surface area (TPSA) is 58.2 Å². The van der Waals surface area contributed by atoms with E-state index >= 15 is 0 Å². The van der Waals surface area contributed by atoms with Gasteiger partial charge in [0.15, 0.2) is 0 Å². The van der Waals surface area contributed by atoms with Crippen molar-refractivity contribution in [2.75, 3.05) is 18.8 Å². The van der Waals surface area contributed by atoms with E-state index in [-0.39, 0.29) is 11.8 Å². The highest BCUT2D eigenvalue weighted by molar-refractivity contribution is 7.89. The molecule has 0 aliphatic carbocycles. The number of hydrogen-bond acceptors (Lipinski definition) is 3. The Labute approximate surface area is 125 Å². The van der Waals surface area contributed by atoms with Crippen LogP contribution in [0.25, 0.3) is 0 Å². The normalized spacial score (nSPS) is 20.4. The van der Waals surface area contributed by atoms with Crippen molar-refractivity contribution in [3.8, 4) is 0 Å². The molecule has 0 amide bonds. The van der Waals surface area contributed by atoms with Crippen LogP contribution in [0.3, 0.4) is 0 Å². The molecule has 4 nitrogen and oxygen atoms in total. The second-order valence-electron chi connectivity index (χ2n) is 6.42. The van der Waals surface area contributed by atoms with E-state index in [0.717, 1.165) is 38.1 Å². The van der Waals surface area contributed by atoms with Crippen molar-refractivity contribution in [2.45, 2.75) is 71.3 Å². The van der Waals surface area contributed by atoms with Gasteiger partial charge in [0.1, 0.15) is 0 Å². The van der Waals surface area contributed by atoms with Crippen LogP contribution in [0.5, 0.6) is 0 Å². The molecule has 1 fully saturated rings. The molecule has 1 rings (SSSR count). The molecule has 1 unspecified atom stereocenters. The Morgan fingerprint density at radius 1 is 1.15 bits per heavy atom. The molecule has 1 saturated heterocycles. The van der Waals surface area contributed by atoms with Gasteiger partial charge >= 0.3 is 0 Å². The van der Waals surface area contributed by atoms with Crippen LogP contribution in [0.2, 0.25) is 0 Å². The molecule has 120 valence electrons. The highest BCUT2D eigenvalue weighted by Gasteiger charge is 2.20. The molecule has 1 aliphatic heterocycles. The molecule has 20 heavy (non-hydrogen) atoms. The predicted molar refractivity (Wildman–Crippen MR) is 85.4 cm³/mol. The molecule has 0 aromatic rings. The van der Waals surface area contributed by atoms with Crippen molar-refractivity contribution >= 4 is 10.0 Å². The van der Waals surface area contributed by atoms with Gasteiger partial charge < -0.3 is 5.32 Å². The van der Waals surface area contributed by atoms with Gasteiger partial charge in [0.05, 0.1) is 5.75 Å². The first kappa shape index (κ1) is 17.9. The Morgan fingerprint density at radius 2 is 1.90 bits per heavy atom. The van der Waals surface area contributed by atoms with E-state index in [2.05, 4.69) is 23.9 Å². The molecule has 2 N–H and O–H groups in total. The first-order valence-electron chi connectivity index (χ1n) is 8.20. The zero-order chi connectivity index (χ0) is 14.8. The first-order valence-corrected chi connectivity index (χ1v) is 9.85. The van der Waals surface area contributed by atoms with Gasteiger partial charge in [-0.1, -0.05) is 46.0 Å². The molecule has 1 atom stereocenters. The highest BCUT2D eigenvalue weighted by Crippen LogP contribution is 2.10. The van der Waals surface area contributed by atoms with Crippen LogP contribution >= 0.6 is 0 Å². The summed E-state index contributed by atoms with van der Waals surface area (Å²) in [4.78, 5) is 0. The van der Waals surface area contributed by atoms with Crippen molar-refractivity contribution < 1.29 is 8.42 Å². The van der Waals surface area contributed by atoms with Crippen LogP contribution in [0, 0.1) is 5.92 Å². The van der Waals surface area contributed by atoms with Gasteiger partial charge in [-0.15, -0.1) is 0 Å². The van der Waals surface area contributed by atoms with Gasteiger partial charge in [0, 0.05) is 12.6 Å². The van der Waals surface area contributed by atoms with Gasteiger partial charge in [-0.2, -0.15) is 0 Å². The fraction of sp³-hybridized carbons (Fsp3) is 1.00. The minimum atomic E-state index is -3.10. The third-order valence-electron chi connectivity index (χ3n) is 3.86. The number of piperidine rings is 1. The zero-order valence-corrected chi connectivity index (χ0v) is 14.0. The maximum Gasteiger partial charge on any atom is 0.213 e. The summed E-state index contributed by atoms with van der Waals surface area (Å²) >= 11 is 0. The number of rotatable bonds is 10. The molecular weight excluding hydrogens is 272 g/mol. The van der Waals surface area contributed by atoms with Crippen LogP contribution in [0.1, 0.15) is 65.2 Å². The van der Waals surface area contributed by atoms with E-state index in [0.29, 0.717) is 6.54 Å². The van der Waals surface area contributed by atoms with Gasteiger partial charge in [-0.05, 0) is 31.7 Å².